The molecule has 2 N–H and O–H groups in total. The van der Waals surface area contributed by atoms with E-state index in [4.69, 9.17) is 0 Å². The van der Waals surface area contributed by atoms with E-state index >= 15 is 0 Å². The Morgan fingerprint density at radius 3 is 2.49 bits per heavy atom. The van der Waals surface area contributed by atoms with Gasteiger partial charge in [-0.2, -0.15) is 5.10 Å². The van der Waals surface area contributed by atoms with Crippen molar-refractivity contribution >= 4 is 22.2 Å². The molecule has 3 aromatic heterocycles. The SMILES string of the molecule is C=C(C)c1n[nH]c2ccc(-c3cncc(NC(=C)N(C)C)c3)cc12.Cc1ccc(CN2CCCC2)nc1. The lowest BCUT2D eigenvalue weighted by atomic mass is 10.0. The molecule has 0 radical (unpaired) electrons. The van der Waals surface area contributed by atoms with Crippen molar-refractivity contribution in [1.29, 1.82) is 0 Å². The highest BCUT2D eigenvalue weighted by atomic mass is 15.2. The Bertz CT molecular complexity index is 1360. The lowest BCUT2D eigenvalue weighted by molar-refractivity contribution is 0.327. The fourth-order valence-corrected chi connectivity index (χ4v) is 4.23. The van der Waals surface area contributed by atoms with Crippen molar-refractivity contribution in [3.05, 3.63) is 90.9 Å². The highest BCUT2D eigenvalue weighted by Crippen LogP contribution is 2.28. The average Bonchev–Trinajstić information content (AvgIpc) is 3.55. The molecule has 0 aliphatic carbocycles. The molecule has 4 aromatic rings. The van der Waals surface area contributed by atoms with Gasteiger partial charge in [0, 0.05) is 44.0 Å². The van der Waals surface area contributed by atoms with Crippen molar-refractivity contribution in [2.75, 3.05) is 32.5 Å². The summed E-state index contributed by atoms with van der Waals surface area (Å²) in [6.07, 6.45) is 8.29. The lowest BCUT2D eigenvalue weighted by Crippen LogP contribution is -2.18. The van der Waals surface area contributed by atoms with Gasteiger partial charge in [0.25, 0.3) is 0 Å². The molecule has 0 bridgehead atoms. The van der Waals surface area contributed by atoms with Gasteiger partial charge in [-0.05, 0) is 80.7 Å². The van der Waals surface area contributed by atoms with Crippen molar-refractivity contribution in [2.45, 2.75) is 33.2 Å². The molecule has 0 spiro atoms. The number of anilines is 1. The molecule has 1 fully saturated rings. The van der Waals surface area contributed by atoms with E-state index in [1.807, 2.05) is 44.4 Å². The number of aromatic nitrogens is 4. The largest absolute Gasteiger partial charge is 0.365 e. The van der Waals surface area contributed by atoms with Crippen molar-refractivity contribution in [1.82, 2.24) is 30.0 Å². The molecule has 0 unspecified atom stereocenters. The monoisotopic (exact) mass is 495 g/mol. The molecule has 5 rings (SSSR count). The van der Waals surface area contributed by atoms with Crippen molar-refractivity contribution in [3.63, 3.8) is 0 Å². The number of rotatable bonds is 7. The van der Waals surface area contributed by atoms with E-state index in [9.17, 15) is 0 Å². The summed E-state index contributed by atoms with van der Waals surface area (Å²) in [5.41, 5.74) is 8.29. The normalized spacial score (nSPS) is 13.2. The second-order valence-electron chi connectivity index (χ2n) is 9.85. The van der Waals surface area contributed by atoms with Gasteiger partial charge in [-0.1, -0.05) is 25.3 Å². The maximum absolute atomic E-state index is 4.40. The van der Waals surface area contributed by atoms with Gasteiger partial charge < -0.3 is 10.2 Å². The second-order valence-corrected chi connectivity index (χ2v) is 9.85. The molecule has 1 saturated heterocycles. The zero-order valence-corrected chi connectivity index (χ0v) is 22.4. The molecule has 1 aliphatic rings. The van der Waals surface area contributed by atoms with Crippen LogP contribution in [-0.4, -0.2) is 57.1 Å². The first-order valence-corrected chi connectivity index (χ1v) is 12.7. The predicted octanol–water partition coefficient (Wildman–Crippen LogP) is 6.09. The Balaban J connectivity index is 0.000000207. The number of nitrogens with zero attached hydrogens (tertiary/aromatic N) is 5. The Morgan fingerprint density at radius 2 is 1.81 bits per heavy atom. The molecule has 1 aromatic carbocycles. The van der Waals surface area contributed by atoms with E-state index < -0.39 is 0 Å². The predicted molar refractivity (Wildman–Crippen MR) is 154 cm³/mol. The van der Waals surface area contributed by atoms with Gasteiger partial charge in [0.05, 0.1) is 34.6 Å². The maximum atomic E-state index is 4.40. The Morgan fingerprint density at radius 1 is 1.03 bits per heavy atom. The van der Waals surface area contributed by atoms with Crippen LogP contribution in [0.15, 0.2) is 74.0 Å². The topological polar surface area (TPSA) is 73.0 Å². The molecule has 7 heteroatoms. The third-order valence-corrected chi connectivity index (χ3v) is 6.42. The van der Waals surface area contributed by atoms with Gasteiger partial charge in [-0.25, -0.2) is 0 Å². The van der Waals surface area contributed by atoms with Gasteiger partial charge in [-0.15, -0.1) is 0 Å². The number of benzene rings is 1. The summed E-state index contributed by atoms with van der Waals surface area (Å²) in [5, 5.41) is 11.7. The Hall–Kier alpha value is -3.97. The highest BCUT2D eigenvalue weighted by Gasteiger charge is 2.12. The van der Waals surface area contributed by atoms with Crippen LogP contribution in [0.25, 0.3) is 27.6 Å². The van der Waals surface area contributed by atoms with Crippen LogP contribution in [0.4, 0.5) is 5.69 Å². The molecule has 37 heavy (non-hydrogen) atoms. The van der Waals surface area contributed by atoms with Crippen molar-refractivity contribution < 1.29 is 0 Å². The summed E-state index contributed by atoms with van der Waals surface area (Å²) < 4.78 is 0. The molecule has 4 heterocycles. The van der Waals surface area contributed by atoms with E-state index in [1.54, 1.807) is 6.20 Å². The van der Waals surface area contributed by atoms with E-state index in [2.05, 4.69) is 80.8 Å². The minimum Gasteiger partial charge on any atom is -0.365 e. The molecule has 7 nitrogen and oxygen atoms in total. The minimum absolute atomic E-state index is 0.809. The standard InChI is InChI=1S/C19H21N5.C11H16N2/c1-12(2)19-17-9-14(6-7-18(17)22-23-19)15-8-16(11-20-10-15)21-13(3)24(4)5;1-10-4-5-11(12-8-10)9-13-6-2-3-7-13/h6-11,21H,1,3H2,2,4-5H3,(H,22,23);4-5,8H,2-3,6-7,9H2,1H3. The first-order chi connectivity index (χ1) is 17.8. The zero-order chi connectivity index (χ0) is 26.4. The van der Waals surface area contributed by atoms with Gasteiger partial charge in [0.1, 0.15) is 0 Å². The van der Waals surface area contributed by atoms with Crippen LogP contribution in [-0.2, 0) is 6.54 Å². The third-order valence-electron chi connectivity index (χ3n) is 6.42. The van der Waals surface area contributed by atoms with Crippen LogP contribution in [0.5, 0.6) is 0 Å². The number of hydrogen-bond acceptors (Lipinski definition) is 6. The molecule has 0 amide bonds. The Labute approximate surface area is 219 Å². The Kier molecular flexibility index (Phi) is 8.36. The van der Waals surface area contributed by atoms with Gasteiger partial charge in [0.2, 0.25) is 0 Å². The summed E-state index contributed by atoms with van der Waals surface area (Å²) in [4.78, 5) is 13.1. The minimum atomic E-state index is 0.809. The maximum Gasteiger partial charge on any atom is 0.0978 e. The van der Waals surface area contributed by atoms with Gasteiger partial charge in [-0.3, -0.25) is 20.0 Å². The number of likely N-dealkylation sites (tertiary alicyclic amines) is 1. The number of pyridine rings is 2. The fraction of sp³-hybridized carbons (Fsp3) is 0.300. The van der Waals surface area contributed by atoms with Crippen LogP contribution >= 0.6 is 0 Å². The van der Waals surface area contributed by atoms with Crippen LogP contribution in [0, 0.1) is 6.92 Å². The highest BCUT2D eigenvalue weighted by molar-refractivity contribution is 5.92. The van der Waals surface area contributed by atoms with Crippen LogP contribution in [0.3, 0.4) is 0 Å². The quantitative estimate of drug-likeness (QED) is 0.323. The molecular weight excluding hydrogens is 458 g/mol. The summed E-state index contributed by atoms with van der Waals surface area (Å²) in [6, 6.07) is 12.5. The number of aromatic amines is 1. The van der Waals surface area contributed by atoms with E-state index in [-0.39, 0.29) is 0 Å². The van der Waals surface area contributed by atoms with E-state index in [1.165, 1.54) is 37.2 Å². The third kappa shape index (κ3) is 6.83. The molecule has 1 aliphatic heterocycles. The van der Waals surface area contributed by atoms with E-state index in [0.717, 1.165) is 51.3 Å². The van der Waals surface area contributed by atoms with Crippen molar-refractivity contribution in [2.24, 2.45) is 0 Å². The second kappa shape index (κ2) is 11.8. The summed E-state index contributed by atoms with van der Waals surface area (Å²) in [7, 11) is 3.89. The molecular formula is C30H37N7. The number of H-pyrrole nitrogens is 1. The smallest absolute Gasteiger partial charge is 0.0978 e. The van der Waals surface area contributed by atoms with Crippen molar-refractivity contribution in [3.8, 4) is 11.1 Å². The lowest BCUT2D eigenvalue weighted by Gasteiger charge is -2.17. The number of aryl methyl sites for hydroxylation is 1. The summed E-state index contributed by atoms with van der Waals surface area (Å²) >= 11 is 0. The molecule has 0 atom stereocenters. The zero-order valence-electron chi connectivity index (χ0n) is 22.4. The summed E-state index contributed by atoms with van der Waals surface area (Å²) in [6.45, 7) is 15.5. The van der Waals surface area contributed by atoms with Gasteiger partial charge in [0.15, 0.2) is 0 Å². The molecule has 192 valence electrons. The van der Waals surface area contributed by atoms with E-state index in [0.29, 0.717) is 0 Å². The first kappa shape index (κ1) is 26.1. The van der Waals surface area contributed by atoms with Crippen LogP contribution < -0.4 is 5.32 Å². The van der Waals surface area contributed by atoms with Gasteiger partial charge >= 0.3 is 0 Å². The number of fused-ring (bicyclic) bond motifs is 1. The number of allylic oxidation sites excluding steroid dienone is 1. The fourth-order valence-electron chi connectivity index (χ4n) is 4.23. The van der Waals surface area contributed by atoms with Crippen LogP contribution in [0.2, 0.25) is 0 Å². The van der Waals surface area contributed by atoms with Crippen LogP contribution in [0.1, 0.15) is 36.7 Å². The molecule has 0 saturated carbocycles. The summed E-state index contributed by atoms with van der Waals surface area (Å²) in [5.74, 6) is 0.809. The number of hydrogen-bond donors (Lipinski definition) is 2. The number of nitrogens with one attached hydrogen (secondary N) is 2. The first-order valence-electron chi connectivity index (χ1n) is 12.7. The average molecular weight is 496 g/mol.